The zero-order valence-electron chi connectivity index (χ0n) is 18.9. The van der Waals surface area contributed by atoms with Gasteiger partial charge >= 0.3 is 0 Å². The normalized spacial score (nSPS) is 13.3. The summed E-state index contributed by atoms with van der Waals surface area (Å²) in [5, 5.41) is 10.6. The van der Waals surface area contributed by atoms with Gasteiger partial charge in [-0.15, -0.1) is 0 Å². The van der Waals surface area contributed by atoms with Crippen LogP contribution in [-0.4, -0.2) is 29.0 Å². The first-order valence-electron chi connectivity index (χ1n) is 12.2. The molecule has 0 bridgehead atoms. The first-order valence-corrected chi connectivity index (χ1v) is 12.2. The van der Waals surface area contributed by atoms with E-state index in [0.717, 1.165) is 19.5 Å². The fraction of sp³-hybridized carbons (Fsp3) is 1.00. The maximum absolute atomic E-state index is 10.6. The number of unbranched alkanes of at least 4 members (excludes halogenated alkanes) is 14. The lowest BCUT2D eigenvalue weighted by Crippen LogP contribution is -2.52. The molecule has 0 spiro atoms. The zero-order chi connectivity index (χ0) is 19.5. The van der Waals surface area contributed by atoms with Gasteiger partial charge < -0.3 is 0 Å². The van der Waals surface area contributed by atoms with Crippen molar-refractivity contribution in [2.24, 2.45) is 0 Å². The van der Waals surface area contributed by atoms with Crippen molar-refractivity contribution in [2.75, 3.05) is 13.1 Å². The topological polar surface area (TPSA) is 20.2 Å². The van der Waals surface area contributed by atoms with Gasteiger partial charge in [-0.05, 0) is 26.7 Å². The number of rotatable bonds is 20. The van der Waals surface area contributed by atoms with Gasteiger partial charge in [0, 0.05) is 6.42 Å². The molecule has 0 fully saturated rings. The summed E-state index contributed by atoms with van der Waals surface area (Å²) in [4.78, 5) is 0. The third-order valence-electron chi connectivity index (χ3n) is 6.39. The molecule has 0 aliphatic heterocycles. The van der Waals surface area contributed by atoms with Gasteiger partial charge in [-0.3, -0.25) is 0 Å². The molecule has 1 atom stereocenters. The number of nitrogens with zero attached hydrogens (tertiary/aromatic N) is 1. The minimum absolute atomic E-state index is 0.273. The first kappa shape index (κ1) is 25.9. The van der Waals surface area contributed by atoms with Gasteiger partial charge in [0.15, 0.2) is 0 Å². The van der Waals surface area contributed by atoms with Gasteiger partial charge in [-0.25, -0.2) is 5.21 Å². The Labute approximate surface area is 166 Å². The molecule has 26 heavy (non-hydrogen) atoms. The molecule has 0 aromatic heterocycles. The summed E-state index contributed by atoms with van der Waals surface area (Å²) in [5.41, 5.74) is 0. The van der Waals surface area contributed by atoms with Crippen LogP contribution in [0.1, 0.15) is 137 Å². The molecule has 1 unspecified atom stereocenters. The van der Waals surface area contributed by atoms with Gasteiger partial charge in [-0.1, -0.05) is 104 Å². The average Bonchev–Trinajstić information content (AvgIpc) is 2.67. The molecule has 0 aliphatic carbocycles. The first-order chi connectivity index (χ1) is 12.6. The molecule has 0 saturated carbocycles. The second kappa shape index (κ2) is 18.3. The monoisotopic (exact) mass is 370 g/mol. The van der Waals surface area contributed by atoms with Crippen LogP contribution in [-0.2, 0) is 0 Å². The van der Waals surface area contributed by atoms with E-state index in [1.165, 1.54) is 103 Å². The summed E-state index contributed by atoms with van der Waals surface area (Å²) in [5.74, 6) is 0. The second-order valence-corrected chi connectivity index (χ2v) is 8.42. The van der Waals surface area contributed by atoms with E-state index < -0.39 is 0 Å². The smallest absolute Gasteiger partial charge is 0.119 e. The largest absolute Gasteiger partial charge is 0.217 e. The Morgan fingerprint density at radius 3 is 1.19 bits per heavy atom. The highest BCUT2D eigenvalue weighted by molar-refractivity contribution is 4.57. The SMILES string of the molecule is CCCCCCCCCCCCCCCCCC(CC)[N+](O)(CC)CC. The molecule has 2 heteroatoms. The van der Waals surface area contributed by atoms with Crippen LogP contribution < -0.4 is 0 Å². The van der Waals surface area contributed by atoms with Gasteiger partial charge in [-0.2, -0.15) is 4.65 Å². The van der Waals surface area contributed by atoms with E-state index in [2.05, 4.69) is 27.7 Å². The van der Waals surface area contributed by atoms with Crippen LogP contribution >= 0.6 is 0 Å². The Morgan fingerprint density at radius 1 is 0.538 bits per heavy atom. The molecule has 0 saturated heterocycles. The Kier molecular flexibility index (Phi) is 18.2. The minimum atomic E-state index is 0.273. The molecule has 0 heterocycles. The van der Waals surface area contributed by atoms with Crippen molar-refractivity contribution in [1.82, 2.24) is 0 Å². The highest BCUT2D eigenvalue weighted by atomic mass is 16.5. The van der Waals surface area contributed by atoms with Crippen molar-refractivity contribution in [1.29, 1.82) is 0 Å². The highest BCUT2D eigenvalue weighted by Crippen LogP contribution is 2.20. The number of hydrogen-bond donors (Lipinski definition) is 1. The zero-order valence-corrected chi connectivity index (χ0v) is 18.9. The lowest BCUT2D eigenvalue weighted by atomic mass is 10.0. The Bertz CT molecular complexity index is 275. The van der Waals surface area contributed by atoms with Crippen molar-refractivity contribution < 1.29 is 9.85 Å². The van der Waals surface area contributed by atoms with E-state index in [1.54, 1.807) is 0 Å². The molecule has 0 aromatic carbocycles. The lowest BCUT2D eigenvalue weighted by Gasteiger charge is -2.35. The molecular weight excluding hydrogens is 318 g/mol. The van der Waals surface area contributed by atoms with E-state index in [0.29, 0.717) is 6.04 Å². The van der Waals surface area contributed by atoms with Crippen molar-refractivity contribution in [3.8, 4) is 0 Å². The molecule has 158 valence electrons. The standard InChI is InChI=1S/C24H52NO/c1-5-9-10-11-12-13-14-15-16-17-18-19-20-21-22-23-24(6-2)25(26,7-3)8-4/h24,26H,5-23H2,1-4H3/q+1. The Morgan fingerprint density at radius 2 is 0.885 bits per heavy atom. The van der Waals surface area contributed by atoms with Crippen LogP contribution in [0.4, 0.5) is 0 Å². The number of quaternary nitrogens is 1. The maximum Gasteiger partial charge on any atom is 0.119 e. The quantitative estimate of drug-likeness (QED) is 0.130. The van der Waals surface area contributed by atoms with E-state index >= 15 is 0 Å². The number of hydrogen-bond acceptors (Lipinski definition) is 1. The van der Waals surface area contributed by atoms with Gasteiger partial charge in [0.2, 0.25) is 0 Å². The number of hydroxylamine groups is 3. The summed E-state index contributed by atoms with van der Waals surface area (Å²) < 4.78 is 0.273. The van der Waals surface area contributed by atoms with Crippen LogP contribution in [0.2, 0.25) is 0 Å². The van der Waals surface area contributed by atoms with Crippen molar-refractivity contribution in [3.63, 3.8) is 0 Å². The van der Waals surface area contributed by atoms with E-state index in [4.69, 9.17) is 0 Å². The second-order valence-electron chi connectivity index (χ2n) is 8.42. The van der Waals surface area contributed by atoms with Crippen LogP contribution in [0.25, 0.3) is 0 Å². The fourth-order valence-corrected chi connectivity index (χ4v) is 4.28. The van der Waals surface area contributed by atoms with Gasteiger partial charge in [0.05, 0.1) is 0 Å². The van der Waals surface area contributed by atoms with Crippen molar-refractivity contribution >= 4 is 0 Å². The van der Waals surface area contributed by atoms with Crippen LogP contribution in [0.3, 0.4) is 0 Å². The summed E-state index contributed by atoms with van der Waals surface area (Å²) in [6, 6.07) is 0.437. The molecule has 2 nitrogen and oxygen atoms in total. The van der Waals surface area contributed by atoms with Gasteiger partial charge in [0.25, 0.3) is 0 Å². The molecule has 0 radical (unpaired) electrons. The summed E-state index contributed by atoms with van der Waals surface area (Å²) in [6.07, 6.45) is 23.6. The van der Waals surface area contributed by atoms with Crippen molar-refractivity contribution in [3.05, 3.63) is 0 Å². The predicted octanol–water partition coefficient (Wildman–Crippen LogP) is 8.27. The highest BCUT2D eigenvalue weighted by Gasteiger charge is 2.30. The van der Waals surface area contributed by atoms with E-state index in [-0.39, 0.29) is 4.65 Å². The molecule has 0 aliphatic rings. The summed E-state index contributed by atoms with van der Waals surface area (Å²) in [6.45, 7) is 10.4. The van der Waals surface area contributed by atoms with Crippen LogP contribution in [0, 0.1) is 0 Å². The maximum atomic E-state index is 10.6. The lowest BCUT2D eigenvalue weighted by molar-refractivity contribution is -1.12. The minimum Gasteiger partial charge on any atom is -0.217 e. The molecule has 1 N–H and O–H groups in total. The molecule has 0 amide bonds. The van der Waals surface area contributed by atoms with Gasteiger partial charge in [0.1, 0.15) is 19.1 Å². The molecule has 0 rings (SSSR count). The van der Waals surface area contributed by atoms with E-state index in [1.807, 2.05) is 0 Å². The fourth-order valence-electron chi connectivity index (χ4n) is 4.28. The van der Waals surface area contributed by atoms with Crippen molar-refractivity contribution in [2.45, 2.75) is 143 Å². The predicted molar refractivity (Wildman–Crippen MR) is 117 cm³/mol. The Hall–Kier alpha value is -0.0800. The summed E-state index contributed by atoms with van der Waals surface area (Å²) >= 11 is 0. The molecule has 0 aromatic rings. The Balaban J connectivity index is 3.38. The average molecular weight is 371 g/mol. The summed E-state index contributed by atoms with van der Waals surface area (Å²) in [7, 11) is 0. The molecular formula is C24H52NO+. The third kappa shape index (κ3) is 13.1. The van der Waals surface area contributed by atoms with Crippen LogP contribution in [0.15, 0.2) is 0 Å². The third-order valence-corrected chi connectivity index (χ3v) is 6.39. The van der Waals surface area contributed by atoms with Crippen LogP contribution in [0.5, 0.6) is 0 Å². The van der Waals surface area contributed by atoms with E-state index in [9.17, 15) is 5.21 Å².